The van der Waals surface area contributed by atoms with E-state index in [2.05, 4.69) is 40.9 Å². The van der Waals surface area contributed by atoms with Gasteiger partial charge in [-0.25, -0.2) is 4.98 Å². The predicted molar refractivity (Wildman–Crippen MR) is 104 cm³/mol. The van der Waals surface area contributed by atoms with Gasteiger partial charge < -0.3 is 14.8 Å². The van der Waals surface area contributed by atoms with Gasteiger partial charge in [0.15, 0.2) is 11.0 Å². The summed E-state index contributed by atoms with van der Waals surface area (Å²) in [4.78, 5) is 11.4. The number of allylic oxidation sites excluding steroid dienone is 1. The summed E-state index contributed by atoms with van der Waals surface area (Å²) in [6, 6.07) is 2.14. The molecule has 0 saturated carbocycles. The summed E-state index contributed by atoms with van der Waals surface area (Å²) in [5, 5.41) is 11.4. The zero-order valence-corrected chi connectivity index (χ0v) is 15.9. The minimum absolute atomic E-state index is 0. The molecule has 7 nitrogen and oxygen atoms in total. The molecular weight excluding hydrogens is 381 g/mol. The number of amidine groups is 1. The lowest BCUT2D eigenvalue weighted by molar-refractivity contribution is 0.476. The Labute approximate surface area is 162 Å². The SMILES string of the molecule is C1=C(Cn2ccnc2-c2cc3n(n2)CCNC3)N2CCN=C2S1.Cl.Cl. The van der Waals surface area contributed by atoms with Crippen molar-refractivity contribution in [2.75, 3.05) is 19.6 Å². The van der Waals surface area contributed by atoms with Crippen molar-refractivity contribution in [3.05, 3.63) is 35.3 Å². The molecule has 0 spiro atoms. The molecule has 3 aliphatic rings. The van der Waals surface area contributed by atoms with Crippen molar-refractivity contribution < 1.29 is 0 Å². The van der Waals surface area contributed by atoms with Crippen LogP contribution in [0.3, 0.4) is 0 Å². The highest BCUT2D eigenvalue weighted by Crippen LogP contribution is 2.31. The second-order valence-electron chi connectivity index (χ2n) is 5.84. The van der Waals surface area contributed by atoms with E-state index in [1.807, 2.05) is 12.4 Å². The van der Waals surface area contributed by atoms with Gasteiger partial charge in [0.25, 0.3) is 0 Å². The highest BCUT2D eigenvalue weighted by molar-refractivity contribution is 8.16. The van der Waals surface area contributed by atoms with E-state index in [1.165, 1.54) is 11.4 Å². The Morgan fingerprint density at radius 3 is 3.04 bits per heavy atom. The summed E-state index contributed by atoms with van der Waals surface area (Å²) in [7, 11) is 0. The molecule has 1 N–H and O–H groups in total. The van der Waals surface area contributed by atoms with Crippen molar-refractivity contribution in [3.8, 4) is 11.5 Å². The van der Waals surface area contributed by atoms with Gasteiger partial charge in [0.05, 0.1) is 25.3 Å². The van der Waals surface area contributed by atoms with Crippen LogP contribution in [0.1, 0.15) is 5.69 Å². The molecule has 0 atom stereocenters. The van der Waals surface area contributed by atoms with Gasteiger partial charge in [0.2, 0.25) is 0 Å². The standard InChI is InChI=1S/C15H17N7S.2ClH/c1-6-22-11(8-16-1)7-13(19-22)14-17-2-4-20(14)9-12-10-23-15-18-3-5-21(12)15;;/h2,4,7,10,16H,1,3,5-6,8-9H2;2*1H. The topological polar surface area (TPSA) is 63.3 Å². The van der Waals surface area contributed by atoms with Crippen LogP contribution >= 0.6 is 36.6 Å². The molecule has 134 valence electrons. The summed E-state index contributed by atoms with van der Waals surface area (Å²) < 4.78 is 4.26. The Balaban J connectivity index is 0.000000911. The van der Waals surface area contributed by atoms with Crippen molar-refractivity contribution in [1.82, 2.24) is 29.5 Å². The van der Waals surface area contributed by atoms with Crippen LogP contribution in [0.5, 0.6) is 0 Å². The molecule has 25 heavy (non-hydrogen) atoms. The van der Waals surface area contributed by atoms with Crippen LogP contribution in [0.4, 0.5) is 0 Å². The first-order chi connectivity index (χ1) is 11.4. The van der Waals surface area contributed by atoms with Crippen LogP contribution in [0.15, 0.2) is 34.6 Å². The molecular formula is C15H19Cl2N7S. The van der Waals surface area contributed by atoms with Gasteiger partial charge in [-0.3, -0.25) is 9.67 Å². The predicted octanol–water partition coefficient (Wildman–Crippen LogP) is 1.95. The fraction of sp³-hybridized carbons (Fsp3) is 0.400. The molecule has 0 saturated heterocycles. The van der Waals surface area contributed by atoms with Crippen LogP contribution < -0.4 is 5.32 Å². The minimum atomic E-state index is 0. The first-order valence-corrected chi connectivity index (χ1v) is 8.73. The number of nitrogens with one attached hydrogen (secondary N) is 1. The van der Waals surface area contributed by atoms with E-state index in [0.29, 0.717) is 0 Å². The van der Waals surface area contributed by atoms with Crippen molar-refractivity contribution in [2.24, 2.45) is 4.99 Å². The molecule has 5 rings (SSSR count). The summed E-state index contributed by atoms with van der Waals surface area (Å²) in [5.74, 6) is 0.933. The van der Waals surface area contributed by atoms with Gasteiger partial charge in [0, 0.05) is 43.1 Å². The van der Waals surface area contributed by atoms with E-state index in [0.717, 1.165) is 56.0 Å². The number of fused-ring (bicyclic) bond motifs is 2. The molecule has 2 aromatic heterocycles. The van der Waals surface area contributed by atoms with Crippen LogP contribution in [0.25, 0.3) is 11.5 Å². The normalized spacial score (nSPS) is 18.0. The van der Waals surface area contributed by atoms with Gasteiger partial charge >= 0.3 is 0 Å². The number of hydrogen-bond donors (Lipinski definition) is 1. The zero-order chi connectivity index (χ0) is 15.2. The maximum absolute atomic E-state index is 4.73. The van der Waals surface area contributed by atoms with E-state index in [1.54, 1.807) is 11.8 Å². The van der Waals surface area contributed by atoms with Crippen molar-refractivity contribution in [3.63, 3.8) is 0 Å². The molecule has 2 aromatic rings. The summed E-state index contributed by atoms with van der Waals surface area (Å²) >= 11 is 1.72. The van der Waals surface area contributed by atoms with Gasteiger partial charge in [-0.2, -0.15) is 5.10 Å². The number of thioether (sulfide) groups is 1. The third-order valence-electron chi connectivity index (χ3n) is 4.40. The molecule has 0 unspecified atom stereocenters. The van der Waals surface area contributed by atoms with E-state index in [4.69, 9.17) is 5.10 Å². The highest BCUT2D eigenvalue weighted by atomic mass is 35.5. The quantitative estimate of drug-likeness (QED) is 0.854. The summed E-state index contributed by atoms with van der Waals surface area (Å²) in [6.07, 6.45) is 3.89. The number of imidazole rings is 1. The lowest BCUT2D eigenvalue weighted by Crippen LogP contribution is -2.28. The van der Waals surface area contributed by atoms with Crippen molar-refractivity contribution >= 4 is 41.7 Å². The Morgan fingerprint density at radius 1 is 1.24 bits per heavy atom. The number of aromatic nitrogens is 4. The fourth-order valence-corrected chi connectivity index (χ4v) is 4.19. The number of hydrogen-bond acceptors (Lipinski definition) is 6. The third-order valence-corrected chi connectivity index (χ3v) is 5.35. The molecule has 0 fully saturated rings. The maximum atomic E-state index is 4.73. The van der Waals surface area contributed by atoms with E-state index < -0.39 is 0 Å². The van der Waals surface area contributed by atoms with Crippen molar-refractivity contribution in [1.29, 1.82) is 0 Å². The van der Waals surface area contributed by atoms with E-state index in [-0.39, 0.29) is 24.8 Å². The van der Waals surface area contributed by atoms with Gasteiger partial charge in [0.1, 0.15) is 5.69 Å². The molecule has 0 amide bonds. The molecule has 0 aromatic carbocycles. The number of halogens is 2. The van der Waals surface area contributed by atoms with Crippen molar-refractivity contribution in [2.45, 2.75) is 19.6 Å². The van der Waals surface area contributed by atoms with E-state index >= 15 is 0 Å². The average molecular weight is 400 g/mol. The summed E-state index contributed by atoms with van der Waals surface area (Å²) in [6.45, 7) is 5.47. The lowest BCUT2D eigenvalue weighted by Gasteiger charge is -2.17. The number of rotatable bonds is 3. The van der Waals surface area contributed by atoms with Gasteiger partial charge in [-0.05, 0) is 6.07 Å². The van der Waals surface area contributed by atoms with Crippen LogP contribution in [-0.2, 0) is 19.6 Å². The van der Waals surface area contributed by atoms with Crippen LogP contribution in [0, 0.1) is 0 Å². The average Bonchev–Trinajstić information content (AvgIpc) is 3.32. The number of nitrogens with zero attached hydrogens (tertiary/aromatic N) is 6. The zero-order valence-electron chi connectivity index (χ0n) is 13.5. The summed E-state index contributed by atoms with van der Waals surface area (Å²) in [5.41, 5.74) is 3.47. The molecule has 10 heteroatoms. The molecule has 3 aliphatic heterocycles. The van der Waals surface area contributed by atoms with Gasteiger partial charge in [-0.1, -0.05) is 11.8 Å². The van der Waals surface area contributed by atoms with Crippen LogP contribution in [0.2, 0.25) is 0 Å². The third kappa shape index (κ3) is 3.19. The second kappa shape index (κ2) is 7.41. The molecule has 0 bridgehead atoms. The Bertz CT molecular complexity index is 802. The lowest BCUT2D eigenvalue weighted by atomic mass is 10.3. The number of aliphatic imine (C=N–C) groups is 1. The van der Waals surface area contributed by atoms with E-state index in [9.17, 15) is 0 Å². The maximum Gasteiger partial charge on any atom is 0.168 e. The highest BCUT2D eigenvalue weighted by Gasteiger charge is 2.27. The Hall–Kier alpha value is -1.48. The largest absolute Gasteiger partial charge is 0.324 e. The Morgan fingerprint density at radius 2 is 2.16 bits per heavy atom. The molecule has 5 heterocycles. The molecule has 0 aliphatic carbocycles. The smallest absolute Gasteiger partial charge is 0.168 e. The first kappa shape index (κ1) is 18.3. The first-order valence-electron chi connectivity index (χ1n) is 7.85. The van der Waals surface area contributed by atoms with Crippen LogP contribution in [-0.4, -0.2) is 49.0 Å². The Kier molecular flexibility index (Phi) is 5.43. The van der Waals surface area contributed by atoms with Gasteiger partial charge in [-0.15, -0.1) is 24.8 Å². The second-order valence-corrected chi connectivity index (χ2v) is 6.68. The molecule has 0 radical (unpaired) electrons. The fourth-order valence-electron chi connectivity index (χ4n) is 3.25. The minimum Gasteiger partial charge on any atom is -0.324 e. The monoisotopic (exact) mass is 399 g/mol.